The van der Waals surface area contributed by atoms with Crippen molar-refractivity contribution in [3.8, 4) is 0 Å². The molecule has 0 aromatic heterocycles. The number of anilines is 2. The van der Waals surface area contributed by atoms with Crippen molar-refractivity contribution in [1.29, 1.82) is 0 Å². The molecule has 2 saturated heterocycles. The van der Waals surface area contributed by atoms with Crippen LogP contribution in [0.5, 0.6) is 0 Å². The van der Waals surface area contributed by atoms with Crippen LogP contribution in [0.3, 0.4) is 0 Å². The first-order valence-corrected chi connectivity index (χ1v) is 7.46. The number of hydrogen-bond acceptors (Lipinski definition) is 5. The van der Waals surface area contributed by atoms with Gasteiger partial charge >= 0.3 is 18.4 Å². The molecule has 0 spiro atoms. The number of hydrogen-bond donors (Lipinski definition) is 0. The highest BCUT2D eigenvalue weighted by Gasteiger charge is 2.40. The highest BCUT2D eigenvalue weighted by atomic mass is 19.4. The fourth-order valence-electron chi connectivity index (χ4n) is 2.72. The average molecular weight is 371 g/mol. The van der Waals surface area contributed by atoms with E-state index >= 15 is 0 Å². The van der Waals surface area contributed by atoms with Crippen LogP contribution in [-0.2, 0) is 15.7 Å². The van der Waals surface area contributed by atoms with Gasteiger partial charge in [0.15, 0.2) is 0 Å². The molecule has 12 heteroatoms. The van der Waals surface area contributed by atoms with Crippen molar-refractivity contribution >= 4 is 23.6 Å². The van der Waals surface area contributed by atoms with Gasteiger partial charge in [0.05, 0.1) is 30.9 Å². The number of halogens is 3. The molecule has 0 unspecified atom stereocenters. The Kier molecular flexibility index (Phi) is 4.51. The minimum atomic E-state index is -4.75. The van der Waals surface area contributed by atoms with E-state index in [9.17, 15) is 22.8 Å². The lowest BCUT2D eigenvalue weighted by Crippen LogP contribution is -2.28. The van der Waals surface area contributed by atoms with Gasteiger partial charge in [-0.15, -0.1) is 0 Å². The maximum Gasteiger partial charge on any atom is 0.418 e. The molecule has 1 atom stereocenters. The Bertz CT molecular complexity index is 793. The number of nitrogens with zero attached hydrogens (tertiary/aromatic N) is 5. The molecular weight excluding hydrogens is 359 g/mol. The van der Waals surface area contributed by atoms with E-state index in [1.165, 1.54) is 6.07 Å². The standard InChI is InChI=1S/C14H12F3N5O4/c15-14(16,17)10-5-8(1-2-11(10)21-3-4-25-12(21)23)22-7-9(6-19-20-18)26-13(22)24/h1-2,5,9H,3-4,6-7H2/t9-/m1/s1. The molecule has 2 aliphatic heterocycles. The van der Waals surface area contributed by atoms with Crippen LogP contribution in [0.2, 0.25) is 0 Å². The van der Waals surface area contributed by atoms with E-state index < -0.39 is 30.0 Å². The molecule has 2 fully saturated rings. The zero-order valence-corrected chi connectivity index (χ0v) is 13.1. The quantitative estimate of drug-likeness (QED) is 0.460. The molecule has 3 rings (SSSR count). The van der Waals surface area contributed by atoms with Gasteiger partial charge < -0.3 is 9.47 Å². The van der Waals surface area contributed by atoms with Crippen LogP contribution < -0.4 is 9.80 Å². The third-order valence-corrected chi connectivity index (χ3v) is 3.87. The monoisotopic (exact) mass is 371 g/mol. The number of carbonyl (C=O) groups excluding carboxylic acids is 2. The van der Waals surface area contributed by atoms with E-state index in [2.05, 4.69) is 14.8 Å². The lowest BCUT2D eigenvalue weighted by atomic mass is 10.1. The Morgan fingerprint density at radius 1 is 1.27 bits per heavy atom. The van der Waals surface area contributed by atoms with E-state index in [1.54, 1.807) is 0 Å². The number of amides is 2. The minimum absolute atomic E-state index is 0.00124. The van der Waals surface area contributed by atoms with Gasteiger partial charge in [0.1, 0.15) is 12.7 Å². The van der Waals surface area contributed by atoms with Gasteiger partial charge in [-0.1, -0.05) is 5.11 Å². The van der Waals surface area contributed by atoms with Crippen LogP contribution in [0.15, 0.2) is 23.3 Å². The normalized spacial score (nSPS) is 20.0. The van der Waals surface area contributed by atoms with Gasteiger partial charge in [0.25, 0.3) is 0 Å². The second-order valence-electron chi connectivity index (χ2n) is 5.50. The Labute approximate surface area is 144 Å². The summed E-state index contributed by atoms with van der Waals surface area (Å²) in [5.74, 6) is 0. The summed E-state index contributed by atoms with van der Waals surface area (Å²) in [5, 5.41) is 3.29. The van der Waals surface area contributed by atoms with Crippen molar-refractivity contribution in [1.82, 2.24) is 0 Å². The molecule has 0 bridgehead atoms. The van der Waals surface area contributed by atoms with Gasteiger partial charge in [-0.25, -0.2) is 9.59 Å². The highest BCUT2D eigenvalue weighted by Crippen LogP contribution is 2.40. The van der Waals surface area contributed by atoms with Gasteiger partial charge in [-0.2, -0.15) is 13.2 Å². The highest BCUT2D eigenvalue weighted by molar-refractivity contribution is 5.93. The molecule has 2 aliphatic rings. The molecule has 2 amide bonds. The molecule has 0 N–H and O–H groups in total. The summed E-state index contributed by atoms with van der Waals surface area (Å²) in [5.41, 5.74) is 6.84. The average Bonchev–Trinajstić information content (AvgIpc) is 3.17. The summed E-state index contributed by atoms with van der Waals surface area (Å²) in [4.78, 5) is 28.0. The van der Waals surface area contributed by atoms with Crippen molar-refractivity contribution in [2.45, 2.75) is 12.3 Å². The number of cyclic esters (lactones) is 2. The van der Waals surface area contributed by atoms with Crippen LogP contribution >= 0.6 is 0 Å². The van der Waals surface area contributed by atoms with E-state index in [-0.39, 0.29) is 37.6 Å². The zero-order valence-electron chi connectivity index (χ0n) is 13.1. The molecular formula is C14H12F3N5O4. The van der Waals surface area contributed by atoms with Gasteiger partial charge in [0, 0.05) is 10.6 Å². The fourth-order valence-corrected chi connectivity index (χ4v) is 2.72. The van der Waals surface area contributed by atoms with E-state index in [0.717, 1.165) is 21.9 Å². The summed E-state index contributed by atoms with van der Waals surface area (Å²) >= 11 is 0. The molecule has 1 aromatic carbocycles. The van der Waals surface area contributed by atoms with Gasteiger partial charge in [0.2, 0.25) is 0 Å². The van der Waals surface area contributed by atoms with Crippen LogP contribution in [0.1, 0.15) is 5.56 Å². The molecule has 9 nitrogen and oxygen atoms in total. The van der Waals surface area contributed by atoms with E-state index in [4.69, 9.17) is 10.3 Å². The lowest BCUT2D eigenvalue weighted by Gasteiger charge is -2.22. The lowest BCUT2D eigenvalue weighted by molar-refractivity contribution is -0.137. The van der Waals surface area contributed by atoms with Crippen LogP contribution in [0, 0.1) is 0 Å². The second-order valence-corrected chi connectivity index (χ2v) is 5.50. The van der Waals surface area contributed by atoms with Crippen molar-refractivity contribution in [2.24, 2.45) is 5.11 Å². The fraction of sp³-hybridized carbons (Fsp3) is 0.429. The molecule has 138 valence electrons. The number of azide groups is 1. The summed E-state index contributed by atoms with van der Waals surface area (Å²) in [6, 6.07) is 3.17. The van der Waals surface area contributed by atoms with Crippen LogP contribution in [-0.4, -0.2) is 44.5 Å². The second kappa shape index (κ2) is 6.64. The van der Waals surface area contributed by atoms with Gasteiger partial charge in [-0.05, 0) is 23.7 Å². The van der Waals surface area contributed by atoms with E-state index in [0.29, 0.717) is 0 Å². The number of benzene rings is 1. The predicted molar refractivity (Wildman–Crippen MR) is 81.8 cm³/mol. The third kappa shape index (κ3) is 3.31. The Balaban J connectivity index is 1.93. The first-order valence-electron chi connectivity index (χ1n) is 7.46. The summed E-state index contributed by atoms with van der Waals surface area (Å²) < 4.78 is 50.0. The largest absolute Gasteiger partial charge is 0.447 e. The zero-order chi connectivity index (χ0) is 18.9. The van der Waals surface area contributed by atoms with Gasteiger partial charge in [-0.3, -0.25) is 9.80 Å². The third-order valence-electron chi connectivity index (χ3n) is 3.87. The predicted octanol–water partition coefficient (Wildman–Crippen LogP) is 3.30. The number of rotatable bonds is 4. The molecule has 1 aromatic rings. The van der Waals surface area contributed by atoms with Crippen molar-refractivity contribution in [2.75, 3.05) is 36.0 Å². The minimum Gasteiger partial charge on any atom is -0.447 e. The number of ether oxygens (including phenoxy) is 2. The van der Waals surface area contributed by atoms with Crippen molar-refractivity contribution < 1.29 is 32.2 Å². The first kappa shape index (κ1) is 17.7. The van der Waals surface area contributed by atoms with E-state index in [1.807, 2.05) is 0 Å². The smallest absolute Gasteiger partial charge is 0.418 e. The molecule has 0 aliphatic carbocycles. The Morgan fingerprint density at radius 2 is 2.04 bits per heavy atom. The number of carbonyl (C=O) groups is 2. The first-order chi connectivity index (χ1) is 12.3. The molecule has 2 heterocycles. The van der Waals surface area contributed by atoms with Crippen molar-refractivity contribution in [3.05, 3.63) is 34.2 Å². The van der Waals surface area contributed by atoms with Crippen LogP contribution in [0.25, 0.3) is 10.4 Å². The maximum atomic E-state index is 13.5. The molecule has 26 heavy (non-hydrogen) atoms. The molecule has 0 saturated carbocycles. The Morgan fingerprint density at radius 3 is 2.65 bits per heavy atom. The number of alkyl halides is 3. The van der Waals surface area contributed by atoms with Crippen molar-refractivity contribution in [3.63, 3.8) is 0 Å². The summed E-state index contributed by atoms with van der Waals surface area (Å²) in [6.45, 7) is -0.179. The SMILES string of the molecule is [N-]=[N+]=NC[C@@H]1CN(c2ccc(N3CCOC3=O)c(C(F)(F)F)c2)C(=O)O1. The summed E-state index contributed by atoms with van der Waals surface area (Å²) in [7, 11) is 0. The Hall–Kier alpha value is -3.14. The molecule has 0 radical (unpaired) electrons. The van der Waals surface area contributed by atoms with Crippen LogP contribution in [0.4, 0.5) is 34.1 Å². The topological polar surface area (TPSA) is 108 Å². The maximum absolute atomic E-state index is 13.5. The summed E-state index contributed by atoms with van der Waals surface area (Å²) in [6.07, 6.45) is -7.20.